The Morgan fingerprint density at radius 2 is 1.58 bits per heavy atom. The summed E-state index contributed by atoms with van der Waals surface area (Å²) >= 11 is 0. The van der Waals surface area contributed by atoms with Crippen LogP contribution in [0.2, 0.25) is 6.55 Å². The molecule has 1 unspecified atom stereocenters. The molecule has 2 rings (SSSR count). The standard InChI is InChI=1S/C14H30N2O2Si/c1-4-14(16-8-6-5-7-9-16)19(3)17-12-10-15(2)11-13-18-19/h14H,4-13H2,1-3H3. The molecule has 4 nitrogen and oxygen atoms in total. The van der Waals surface area contributed by atoms with Crippen LogP contribution in [0.3, 0.4) is 0 Å². The van der Waals surface area contributed by atoms with Crippen LogP contribution in [0.15, 0.2) is 0 Å². The Balaban J connectivity index is 2.01. The first-order valence-corrected chi connectivity index (χ1v) is 10.3. The average Bonchev–Trinajstić information content (AvgIpc) is 2.39. The van der Waals surface area contributed by atoms with E-state index in [-0.39, 0.29) is 0 Å². The van der Waals surface area contributed by atoms with Crippen molar-refractivity contribution in [3.05, 3.63) is 0 Å². The number of nitrogens with zero attached hydrogens (tertiary/aromatic N) is 2. The summed E-state index contributed by atoms with van der Waals surface area (Å²) in [5.74, 6) is 0. The van der Waals surface area contributed by atoms with Crippen molar-refractivity contribution >= 4 is 8.56 Å². The Bertz CT molecular complexity index is 262. The lowest BCUT2D eigenvalue weighted by molar-refractivity contribution is 0.0751. The molecule has 0 bridgehead atoms. The van der Waals surface area contributed by atoms with Gasteiger partial charge in [-0.15, -0.1) is 0 Å². The van der Waals surface area contributed by atoms with Crippen LogP contribution in [-0.2, 0) is 8.85 Å². The van der Waals surface area contributed by atoms with Gasteiger partial charge in [0.1, 0.15) is 0 Å². The van der Waals surface area contributed by atoms with Gasteiger partial charge in [0.15, 0.2) is 0 Å². The minimum atomic E-state index is -2.07. The maximum Gasteiger partial charge on any atom is 0.352 e. The van der Waals surface area contributed by atoms with Gasteiger partial charge in [0.05, 0.1) is 5.67 Å². The van der Waals surface area contributed by atoms with Crippen molar-refractivity contribution in [3.8, 4) is 0 Å². The molecule has 0 aromatic heterocycles. The molecule has 0 aromatic carbocycles. The summed E-state index contributed by atoms with van der Waals surface area (Å²) < 4.78 is 12.6. The largest absolute Gasteiger partial charge is 0.392 e. The maximum atomic E-state index is 6.28. The van der Waals surface area contributed by atoms with Gasteiger partial charge in [-0.3, -0.25) is 4.90 Å². The fourth-order valence-electron chi connectivity index (χ4n) is 3.34. The maximum absolute atomic E-state index is 6.28. The highest BCUT2D eigenvalue weighted by Crippen LogP contribution is 2.25. The van der Waals surface area contributed by atoms with E-state index in [4.69, 9.17) is 8.85 Å². The second-order valence-electron chi connectivity index (χ2n) is 6.04. The second kappa shape index (κ2) is 7.18. The van der Waals surface area contributed by atoms with Crippen molar-refractivity contribution in [1.29, 1.82) is 0 Å². The van der Waals surface area contributed by atoms with Gasteiger partial charge in [-0.1, -0.05) is 13.3 Å². The molecule has 0 saturated carbocycles. The van der Waals surface area contributed by atoms with Crippen molar-refractivity contribution in [1.82, 2.24) is 9.80 Å². The zero-order valence-electron chi connectivity index (χ0n) is 12.9. The highest BCUT2D eigenvalue weighted by Gasteiger charge is 2.44. The number of rotatable bonds is 3. The Hall–Kier alpha value is 0.0569. The summed E-state index contributed by atoms with van der Waals surface area (Å²) in [6.07, 6.45) is 5.21. The zero-order chi connectivity index (χ0) is 13.7. The van der Waals surface area contributed by atoms with Crippen LogP contribution < -0.4 is 0 Å². The molecule has 2 fully saturated rings. The third-order valence-corrected chi connectivity index (χ3v) is 8.09. The summed E-state index contributed by atoms with van der Waals surface area (Å²) in [5, 5.41) is 0. The molecule has 0 aliphatic carbocycles. The number of piperidine rings is 1. The molecule has 0 radical (unpaired) electrons. The van der Waals surface area contributed by atoms with Crippen LogP contribution >= 0.6 is 0 Å². The van der Waals surface area contributed by atoms with Crippen molar-refractivity contribution in [2.75, 3.05) is 46.4 Å². The van der Waals surface area contributed by atoms with E-state index in [1.165, 1.54) is 32.4 Å². The molecule has 1 atom stereocenters. The predicted molar refractivity (Wildman–Crippen MR) is 80.5 cm³/mol. The van der Waals surface area contributed by atoms with Crippen LogP contribution in [0.25, 0.3) is 0 Å². The highest BCUT2D eigenvalue weighted by atomic mass is 28.4. The topological polar surface area (TPSA) is 24.9 Å². The molecule has 2 aliphatic heterocycles. The lowest BCUT2D eigenvalue weighted by Crippen LogP contribution is -2.61. The van der Waals surface area contributed by atoms with E-state index in [9.17, 15) is 0 Å². The SMILES string of the molecule is CCC(N1CCCCC1)[Si]1(C)OCCN(C)CCO1. The molecule has 0 N–H and O–H groups in total. The highest BCUT2D eigenvalue weighted by molar-refractivity contribution is 6.67. The lowest BCUT2D eigenvalue weighted by atomic mass is 10.1. The fourth-order valence-corrected chi connectivity index (χ4v) is 6.47. The summed E-state index contributed by atoms with van der Waals surface area (Å²) in [5.41, 5.74) is 0.524. The molecule has 0 spiro atoms. The van der Waals surface area contributed by atoms with Crippen LogP contribution in [-0.4, -0.2) is 70.5 Å². The van der Waals surface area contributed by atoms with Gasteiger partial charge in [0.2, 0.25) is 0 Å². The molecule has 2 aliphatic rings. The van der Waals surface area contributed by atoms with Crippen molar-refractivity contribution in [2.24, 2.45) is 0 Å². The van der Waals surface area contributed by atoms with Crippen molar-refractivity contribution in [3.63, 3.8) is 0 Å². The van der Waals surface area contributed by atoms with E-state index in [0.29, 0.717) is 5.67 Å². The van der Waals surface area contributed by atoms with Gasteiger partial charge in [-0.05, 0) is 45.9 Å². The third kappa shape index (κ3) is 4.01. The average molecular weight is 286 g/mol. The zero-order valence-corrected chi connectivity index (χ0v) is 13.9. The van der Waals surface area contributed by atoms with E-state index in [1.54, 1.807) is 0 Å². The summed E-state index contributed by atoms with van der Waals surface area (Å²) in [7, 11) is 0.0715. The van der Waals surface area contributed by atoms with Gasteiger partial charge in [-0.25, -0.2) is 0 Å². The number of likely N-dealkylation sites (N-methyl/N-ethyl adjacent to an activating group) is 1. The first-order valence-electron chi connectivity index (χ1n) is 7.86. The number of hydrogen-bond donors (Lipinski definition) is 0. The minimum Gasteiger partial charge on any atom is -0.392 e. The summed E-state index contributed by atoms with van der Waals surface area (Å²) in [4.78, 5) is 4.93. The third-order valence-electron chi connectivity index (χ3n) is 4.55. The van der Waals surface area contributed by atoms with E-state index >= 15 is 0 Å². The molecule has 0 aromatic rings. The van der Waals surface area contributed by atoms with Crippen LogP contribution in [0.5, 0.6) is 0 Å². The Labute approximate surface area is 119 Å². The van der Waals surface area contributed by atoms with Crippen LogP contribution in [0, 0.1) is 0 Å². The Morgan fingerprint density at radius 3 is 2.11 bits per heavy atom. The molecule has 0 amide bonds. The van der Waals surface area contributed by atoms with E-state index < -0.39 is 8.56 Å². The fraction of sp³-hybridized carbons (Fsp3) is 1.00. The minimum absolute atomic E-state index is 0.524. The molecule has 112 valence electrons. The summed E-state index contributed by atoms with van der Waals surface area (Å²) in [6, 6.07) is 0. The number of likely N-dealkylation sites (tertiary alicyclic amines) is 1. The smallest absolute Gasteiger partial charge is 0.352 e. The predicted octanol–water partition coefficient (Wildman–Crippen LogP) is 1.84. The van der Waals surface area contributed by atoms with Gasteiger partial charge in [0.25, 0.3) is 0 Å². The van der Waals surface area contributed by atoms with E-state index in [1.807, 2.05) is 0 Å². The van der Waals surface area contributed by atoms with Gasteiger partial charge in [-0.2, -0.15) is 0 Å². The first-order chi connectivity index (χ1) is 9.15. The monoisotopic (exact) mass is 286 g/mol. The van der Waals surface area contributed by atoms with Crippen LogP contribution in [0.1, 0.15) is 32.6 Å². The normalized spacial score (nSPS) is 28.6. The van der Waals surface area contributed by atoms with Gasteiger partial charge >= 0.3 is 8.56 Å². The molecule has 2 saturated heterocycles. The van der Waals surface area contributed by atoms with Crippen molar-refractivity contribution < 1.29 is 8.85 Å². The molecular formula is C14H30N2O2Si. The lowest BCUT2D eigenvalue weighted by Gasteiger charge is -2.43. The van der Waals surface area contributed by atoms with Gasteiger partial charge < -0.3 is 13.8 Å². The van der Waals surface area contributed by atoms with E-state index in [0.717, 1.165) is 32.7 Å². The Kier molecular flexibility index (Phi) is 5.83. The molecule has 5 heteroatoms. The first kappa shape index (κ1) is 15.4. The second-order valence-corrected chi connectivity index (χ2v) is 9.31. The molecule has 19 heavy (non-hydrogen) atoms. The molecular weight excluding hydrogens is 256 g/mol. The van der Waals surface area contributed by atoms with Crippen molar-refractivity contribution in [2.45, 2.75) is 44.8 Å². The van der Waals surface area contributed by atoms with Gasteiger partial charge in [0, 0.05) is 26.3 Å². The van der Waals surface area contributed by atoms with E-state index in [2.05, 4.69) is 30.3 Å². The molecule has 2 heterocycles. The Morgan fingerprint density at radius 1 is 1.00 bits per heavy atom. The summed E-state index contributed by atoms with van der Waals surface area (Å²) in [6.45, 7) is 10.7. The quantitative estimate of drug-likeness (QED) is 0.739. The number of hydrogen-bond acceptors (Lipinski definition) is 4. The van der Waals surface area contributed by atoms with Crippen LogP contribution in [0.4, 0.5) is 0 Å².